The molecule has 0 unspecified atom stereocenters. The summed E-state index contributed by atoms with van der Waals surface area (Å²) in [5, 5.41) is 14.5. The molecule has 8 heteroatoms. The number of thiophene rings is 1. The van der Waals surface area contributed by atoms with E-state index in [0.29, 0.717) is 15.9 Å². The van der Waals surface area contributed by atoms with Gasteiger partial charge in [0.25, 0.3) is 11.1 Å². The second-order valence-corrected chi connectivity index (χ2v) is 7.43. The number of rotatable bonds is 4. The molecule has 1 N–H and O–H groups in total. The van der Waals surface area contributed by atoms with Crippen LogP contribution in [0.1, 0.15) is 16.1 Å². The highest BCUT2D eigenvalue weighted by atomic mass is 32.1. The number of carbonyl (C=O) groups is 1. The molecule has 1 aromatic carbocycles. The zero-order valence-corrected chi connectivity index (χ0v) is 15.6. The monoisotopic (exact) mass is 382 g/mol. The number of amides is 1. The lowest BCUT2D eigenvalue weighted by Crippen LogP contribution is -2.14. The molecule has 3 heterocycles. The minimum absolute atomic E-state index is 0.279. The quantitative estimate of drug-likeness (QED) is 0.567. The molecule has 1 amide bonds. The summed E-state index contributed by atoms with van der Waals surface area (Å²) in [5.74, 6) is -0.279. The summed E-state index contributed by atoms with van der Waals surface area (Å²) in [6, 6.07) is 10.1. The minimum Gasteiger partial charge on any atom is -0.472 e. The number of pyridine rings is 1. The lowest BCUT2D eigenvalue weighted by molar-refractivity contribution is 0.102. The molecule has 4 aromatic rings. The maximum atomic E-state index is 12.8. The molecule has 26 heavy (non-hydrogen) atoms. The Morgan fingerprint density at radius 3 is 2.88 bits per heavy atom. The van der Waals surface area contributed by atoms with Gasteiger partial charge in [0.15, 0.2) is 0 Å². The third-order valence-corrected chi connectivity index (χ3v) is 5.55. The highest BCUT2D eigenvalue weighted by Crippen LogP contribution is 2.34. The average molecular weight is 382 g/mol. The van der Waals surface area contributed by atoms with Gasteiger partial charge in [-0.25, -0.2) is 0 Å². The second kappa shape index (κ2) is 6.81. The van der Waals surface area contributed by atoms with E-state index in [-0.39, 0.29) is 5.91 Å². The van der Waals surface area contributed by atoms with E-state index < -0.39 is 0 Å². The summed E-state index contributed by atoms with van der Waals surface area (Å²) in [6.45, 7) is 1.91. The molecule has 0 saturated heterocycles. The first-order valence-electron chi connectivity index (χ1n) is 7.78. The topological polar surface area (TPSA) is 77.0 Å². The normalized spacial score (nSPS) is 10.8. The lowest BCUT2D eigenvalue weighted by atomic mass is 9.97. The standard InChI is InChI=1S/C18H14N4O2S2/c1-10-8-13(11-4-3-5-15-12(11)6-7-25-15)14(9-19-10)16(23)20-17-21-22-18(24-2)26-17/h3-9H,1-2H3,(H,20,21,23). The number of hydrogen-bond acceptors (Lipinski definition) is 7. The predicted octanol–water partition coefficient (Wildman–Crippen LogP) is 4.38. The van der Waals surface area contributed by atoms with Gasteiger partial charge in [0.05, 0.1) is 12.7 Å². The molecule has 0 aliphatic heterocycles. The average Bonchev–Trinajstić information content (AvgIpc) is 3.30. The largest absolute Gasteiger partial charge is 0.472 e. The highest BCUT2D eigenvalue weighted by molar-refractivity contribution is 7.17. The van der Waals surface area contributed by atoms with Gasteiger partial charge in [0.1, 0.15) is 0 Å². The van der Waals surface area contributed by atoms with Gasteiger partial charge in [-0.05, 0) is 53.0 Å². The van der Waals surface area contributed by atoms with Crippen LogP contribution in [0.5, 0.6) is 5.19 Å². The van der Waals surface area contributed by atoms with E-state index >= 15 is 0 Å². The van der Waals surface area contributed by atoms with Crippen LogP contribution in [0.25, 0.3) is 21.2 Å². The number of nitrogens with zero attached hydrogens (tertiary/aromatic N) is 3. The van der Waals surface area contributed by atoms with Gasteiger partial charge in [0, 0.05) is 22.0 Å². The highest BCUT2D eigenvalue weighted by Gasteiger charge is 2.18. The third-order valence-electron chi connectivity index (χ3n) is 3.87. The molecule has 0 aliphatic rings. The molecular formula is C18H14N4O2S2. The van der Waals surface area contributed by atoms with Crippen molar-refractivity contribution >= 4 is 43.8 Å². The van der Waals surface area contributed by atoms with Gasteiger partial charge < -0.3 is 4.74 Å². The van der Waals surface area contributed by atoms with Crippen molar-refractivity contribution in [2.24, 2.45) is 0 Å². The van der Waals surface area contributed by atoms with E-state index in [2.05, 4.69) is 38.0 Å². The van der Waals surface area contributed by atoms with E-state index in [4.69, 9.17) is 4.74 Å². The Hall–Kier alpha value is -2.84. The first-order chi connectivity index (χ1) is 12.7. The molecule has 0 fully saturated rings. The zero-order chi connectivity index (χ0) is 18.1. The van der Waals surface area contributed by atoms with E-state index in [0.717, 1.165) is 22.2 Å². The maximum absolute atomic E-state index is 12.8. The fraction of sp³-hybridized carbons (Fsp3) is 0.111. The Bertz CT molecular complexity index is 1100. The van der Waals surface area contributed by atoms with Crippen molar-refractivity contribution in [2.45, 2.75) is 6.92 Å². The Labute approximate surface area is 157 Å². The van der Waals surface area contributed by atoms with E-state index in [1.54, 1.807) is 17.5 Å². The molecule has 0 radical (unpaired) electrons. The van der Waals surface area contributed by atoms with Crippen LogP contribution in [0, 0.1) is 6.92 Å². The summed E-state index contributed by atoms with van der Waals surface area (Å²) in [5.41, 5.74) is 3.19. The number of benzene rings is 1. The predicted molar refractivity (Wildman–Crippen MR) is 104 cm³/mol. The van der Waals surface area contributed by atoms with Gasteiger partial charge in [-0.15, -0.1) is 16.4 Å². The number of carbonyl (C=O) groups excluding carboxylic acids is 1. The van der Waals surface area contributed by atoms with Crippen LogP contribution in [0.4, 0.5) is 5.13 Å². The van der Waals surface area contributed by atoms with Gasteiger partial charge in [-0.1, -0.05) is 17.2 Å². The van der Waals surface area contributed by atoms with Crippen molar-refractivity contribution in [3.05, 3.63) is 53.2 Å². The molecular weight excluding hydrogens is 368 g/mol. The van der Waals surface area contributed by atoms with Crippen molar-refractivity contribution in [3.8, 4) is 16.3 Å². The van der Waals surface area contributed by atoms with Gasteiger partial charge in [0.2, 0.25) is 5.13 Å². The molecule has 130 valence electrons. The fourth-order valence-electron chi connectivity index (χ4n) is 2.70. The number of fused-ring (bicyclic) bond motifs is 1. The van der Waals surface area contributed by atoms with Gasteiger partial charge in [-0.3, -0.25) is 15.1 Å². The summed E-state index contributed by atoms with van der Waals surface area (Å²) >= 11 is 2.85. The zero-order valence-electron chi connectivity index (χ0n) is 14.0. The van der Waals surface area contributed by atoms with E-state index in [1.807, 2.05) is 25.1 Å². The Kier molecular flexibility index (Phi) is 4.36. The Morgan fingerprint density at radius 1 is 1.19 bits per heavy atom. The molecule has 0 spiro atoms. The van der Waals surface area contributed by atoms with E-state index in [1.165, 1.54) is 23.1 Å². The van der Waals surface area contributed by atoms with Crippen molar-refractivity contribution in [1.29, 1.82) is 0 Å². The van der Waals surface area contributed by atoms with Crippen LogP contribution in [-0.4, -0.2) is 28.2 Å². The number of methoxy groups -OCH3 is 1. The lowest BCUT2D eigenvalue weighted by Gasteiger charge is -2.11. The van der Waals surface area contributed by atoms with Crippen LogP contribution in [-0.2, 0) is 0 Å². The number of hydrogen-bond donors (Lipinski definition) is 1. The van der Waals surface area contributed by atoms with Crippen molar-refractivity contribution < 1.29 is 9.53 Å². The number of aryl methyl sites for hydroxylation is 1. The third kappa shape index (κ3) is 3.04. The fourth-order valence-corrected chi connectivity index (χ4v) is 4.07. The number of aromatic nitrogens is 3. The Morgan fingerprint density at radius 2 is 2.08 bits per heavy atom. The van der Waals surface area contributed by atoms with Crippen LogP contribution in [0.3, 0.4) is 0 Å². The number of ether oxygens (including phenoxy) is 1. The van der Waals surface area contributed by atoms with Crippen LogP contribution in [0.15, 0.2) is 41.9 Å². The SMILES string of the molecule is COc1nnc(NC(=O)c2cnc(C)cc2-c2cccc3sccc23)s1. The molecule has 4 rings (SSSR count). The van der Waals surface area contributed by atoms with Crippen molar-refractivity contribution in [3.63, 3.8) is 0 Å². The summed E-state index contributed by atoms with van der Waals surface area (Å²) < 4.78 is 6.19. The van der Waals surface area contributed by atoms with Gasteiger partial charge >= 0.3 is 0 Å². The van der Waals surface area contributed by atoms with Crippen LogP contribution >= 0.6 is 22.7 Å². The Balaban J connectivity index is 1.77. The number of nitrogens with one attached hydrogen (secondary N) is 1. The summed E-state index contributed by atoms with van der Waals surface area (Å²) in [6.07, 6.45) is 1.60. The second-order valence-electron chi connectivity index (χ2n) is 5.54. The molecule has 6 nitrogen and oxygen atoms in total. The summed E-state index contributed by atoms with van der Waals surface area (Å²) in [4.78, 5) is 17.1. The van der Waals surface area contributed by atoms with Gasteiger partial charge in [-0.2, -0.15) is 0 Å². The first-order valence-corrected chi connectivity index (χ1v) is 9.47. The molecule has 0 atom stereocenters. The van der Waals surface area contributed by atoms with E-state index in [9.17, 15) is 4.79 Å². The van der Waals surface area contributed by atoms with Crippen LogP contribution in [0.2, 0.25) is 0 Å². The molecule has 0 aliphatic carbocycles. The molecule has 3 aromatic heterocycles. The molecule has 0 saturated carbocycles. The minimum atomic E-state index is -0.279. The smallest absolute Gasteiger partial charge is 0.295 e. The number of anilines is 1. The summed E-state index contributed by atoms with van der Waals surface area (Å²) in [7, 11) is 1.51. The van der Waals surface area contributed by atoms with Crippen molar-refractivity contribution in [2.75, 3.05) is 12.4 Å². The first kappa shape index (κ1) is 16.6. The molecule has 0 bridgehead atoms. The maximum Gasteiger partial charge on any atom is 0.295 e. The van der Waals surface area contributed by atoms with Crippen LogP contribution < -0.4 is 10.1 Å². The van der Waals surface area contributed by atoms with Crippen molar-refractivity contribution in [1.82, 2.24) is 15.2 Å².